The number of hydrogen-bond donors (Lipinski definition) is 1. The molecule has 2 nitrogen and oxygen atoms in total. The second-order valence-corrected chi connectivity index (χ2v) is 6.36. The van der Waals surface area contributed by atoms with Gasteiger partial charge in [-0.2, -0.15) is 0 Å². The van der Waals surface area contributed by atoms with Crippen LogP contribution in [-0.2, 0) is 6.42 Å². The molecule has 0 spiro atoms. The van der Waals surface area contributed by atoms with E-state index in [-0.39, 0.29) is 5.56 Å². The van der Waals surface area contributed by atoms with Crippen molar-refractivity contribution < 1.29 is 0 Å². The van der Waals surface area contributed by atoms with Gasteiger partial charge in [-0.05, 0) is 66.8 Å². The summed E-state index contributed by atoms with van der Waals surface area (Å²) in [6.45, 7) is 4.18. The van der Waals surface area contributed by atoms with Crippen LogP contribution in [0, 0.1) is 5.92 Å². The molecule has 2 heteroatoms. The number of aromatic amines is 1. The number of aryl methyl sites for hydroxylation is 1. The third kappa shape index (κ3) is 2.87. The normalized spacial score (nSPS) is 17.1. The van der Waals surface area contributed by atoms with E-state index in [1.807, 2.05) is 13.0 Å². The number of H-pyrrole nitrogens is 1. The Labute approximate surface area is 132 Å². The van der Waals surface area contributed by atoms with Gasteiger partial charge in [-0.25, -0.2) is 0 Å². The van der Waals surface area contributed by atoms with Gasteiger partial charge in [-0.1, -0.05) is 38.3 Å². The number of nitrogens with one attached hydrogen (secondary N) is 1. The molecular weight excluding hydrogens is 270 g/mol. The molecule has 1 aromatic carbocycles. The van der Waals surface area contributed by atoms with Crippen LogP contribution in [0.2, 0.25) is 0 Å². The summed E-state index contributed by atoms with van der Waals surface area (Å²) >= 11 is 0. The van der Waals surface area contributed by atoms with Crippen LogP contribution < -0.4 is 5.56 Å². The van der Waals surface area contributed by atoms with Crippen molar-refractivity contribution in [3.05, 3.63) is 51.8 Å². The Morgan fingerprint density at radius 2 is 2.00 bits per heavy atom. The van der Waals surface area contributed by atoms with Crippen molar-refractivity contribution in [2.24, 2.45) is 5.92 Å². The summed E-state index contributed by atoms with van der Waals surface area (Å²) in [6.07, 6.45) is 9.75. The van der Waals surface area contributed by atoms with Gasteiger partial charge >= 0.3 is 0 Å². The Morgan fingerprint density at radius 3 is 2.68 bits per heavy atom. The molecule has 0 unspecified atom stereocenters. The fraction of sp³-hybridized carbons (Fsp3) is 0.450. The minimum atomic E-state index is 0.0429. The highest BCUT2D eigenvalue weighted by Crippen LogP contribution is 2.36. The highest BCUT2D eigenvalue weighted by Gasteiger charge is 2.18. The maximum absolute atomic E-state index is 11.9. The van der Waals surface area contributed by atoms with Crippen molar-refractivity contribution in [3.63, 3.8) is 0 Å². The number of hydrogen-bond acceptors (Lipinski definition) is 1. The molecule has 0 amide bonds. The van der Waals surface area contributed by atoms with Crippen LogP contribution in [0.1, 0.15) is 57.1 Å². The highest BCUT2D eigenvalue weighted by atomic mass is 16.1. The zero-order valence-electron chi connectivity index (χ0n) is 13.6. The van der Waals surface area contributed by atoms with Crippen LogP contribution in [-0.4, -0.2) is 4.98 Å². The molecule has 1 aromatic heterocycles. The molecule has 2 aromatic rings. The van der Waals surface area contributed by atoms with E-state index in [1.54, 1.807) is 0 Å². The fourth-order valence-electron chi connectivity index (χ4n) is 3.75. The average Bonchev–Trinajstić information content (AvgIpc) is 2.56. The molecule has 0 saturated heterocycles. The summed E-state index contributed by atoms with van der Waals surface area (Å²) in [5.74, 6) is 0.699. The van der Waals surface area contributed by atoms with E-state index in [9.17, 15) is 4.79 Å². The first kappa shape index (κ1) is 15.1. The van der Waals surface area contributed by atoms with Gasteiger partial charge in [0.2, 0.25) is 0 Å². The minimum Gasteiger partial charge on any atom is -0.322 e. The molecule has 1 fully saturated rings. The first-order valence-corrected chi connectivity index (χ1v) is 8.55. The van der Waals surface area contributed by atoms with E-state index in [2.05, 4.69) is 36.2 Å². The summed E-state index contributed by atoms with van der Waals surface area (Å²) in [5.41, 5.74) is 4.64. The summed E-state index contributed by atoms with van der Waals surface area (Å²) in [6, 6.07) is 8.51. The minimum absolute atomic E-state index is 0.0429. The molecule has 0 radical (unpaired) electrons. The van der Waals surface area contributed by atoms with Gasteiger partial charge in [0, 0.05) is 11.1 Å². The van der Waals surface area contributed by atoms with E-state index in [1.165, 1.54) is 43.2 Å². The van der Waals surface area contributed by atoms with E-state index >= 15 is 0 Å². The van der Waals surface area contributed by atoms with Crippen molar-refractivity contribution in [2.75, 3.05) is 0 Å². The lowest BCUT2D eigenvalue weighted by atomic mass is 9.80. The second kappa shape index (κ2) is 6.51. The zero-order valence-corrected chi connectivity index (χ0v) is 13.6. The molecule has 1 heterocycles. The van der Waals surface area contributed by atoms with E-state index in [0.29, 0.717) is 5.92 Å². The Balaban J connectivity index is 2.03. The largest absolute Gasteiger partial charge is 0.322 e. The molecular formula is C20H25NO. The topological polar surface area (TPSA) is 32.9 Å². The molecule has 0 atom stereocenters. The van der Waals surface area contributed by atoms with Crippen molar-refractivity contribution in [1.82, 2.24) is 4.98 Å². The van der Waals surface area contributed by atoms with Gasteiger partial charge in [-0.15, -0.1) is 0 Å². The van der Waals surface area contributed by atoms with Crippen LogP contribution in [0.15, 0.2) is 35.1 Å². The molecule has 0 aliphatic heterocycles. The van der Waals surface area contributed by atoms with Crippen LogP contribution in [0.4, 0.5) is 0 Å². The Kier molecular flexibility index (Phi) is 4.47. The van der Waals surface area contributed by atoms with Crippen molar-refractivity contribution in [2.45, 2.75) is 52.4 Å². The summed E-state index contributed by atoms with van der Waals surface area (Å²) in [4.78, 5) is 14.9. The zero-order chi connectivity index (χ0) is 15.5. The van der Waals surface area contributed by atoms with Crippen molar-refractivity contribution in [1.29, 1.82) is 0 Å². The van der Waals surface area contributed by atoms with Crippen LogP contribution >= 0.6 is 0 Å². The number of rotatable bonds is 3. The Bertz CT molecular complexity index is 748. The average molecular weight is 295 g/mol. The van der Waals surface area contributed by atoms with Crippen LogP contribution in [0.5, 0.6) is 0 Å². The third-order valence-electron chi connectivity index (χ3n) is 4.99. The molecule has 1 saturated carbocycles. The quantitative estimate of drug-likeness (QED) is 0.842. The van der Waals surface area contributed by atoms with E-state index < -0.39 is 0 Å². The molecule has 3 rings (SSSR count). The number of aromatic nitrogens is 1. The Hall–Kier alpha value is -1.83. The van der Waals surface area contributed by atoms with Crippen LogP contribution in [0.25, 0.3) is 16.5 Å². The summed E-state index contributed by atoms with van der Waals surface area (Å²) in [5, 5.41) is 1.14. The lowest BCUT2D eigenvalue weighted by Gasteiger charge is -2.25. The molecule has 1 aliphatic carbocycles. The summed E-state index contributed by atoms with van der Waals surface area (Å²) < 4.78 is 0. The first-order valence-electron chi connectivity index (χ1n) is 8.55. The van der Waals surface area contributed by atoms with Gasteiger partial charge in [-0.3, -0.25) is 4.79 Å². The molecule has 1 N–H and O–H groups in total. The fourth-order valence-corrected chi connectivity index (χ4v) is 3.75. The number of fused-ring (bicyclic) bond motifs is 1. The third-order valence-corrected chi connectivity index (χ3v) is 4.99. The molecule has 116 valence electrons. The van der Waals surface area contributed by atoms with Crippen molar-refractivity contribution >= 4 is 16.5 Å². The second-order valence-electron chi connectivity index (χ2n) is 6.36. The number of pyridine rings is 1. The molecule has 22 heavy (non-hydrogen) atoms. The maximum atomic E-state index is 11.9. The molecule has 1 aliphatic rings. The molecule has 0 bridgehead atoms. The summed E-state index contributed by atoms with van der Waals surface area (Å²) in [7, 11) is 0. The predicted octanol–water partition coefficient (Wildman–Crippen LogP) is 5.07. The standard InChI is InChI=1S/C20H25NO/c1-3-14-12-17-13-16(10-11-19(17)21-20(14)22)18(4-2)15-8-6-5-7-9-15/h4,10-13,15H,3,5-9H2,1-2H3,(H,21,22)/b18-4-. The van der Waals surface area contributed by atoms with Gasteiger partial charge in [0.1, 0.15) is 0 Å². The van der Waals surface area contributed by atoms with Gasteiger partial charge < -0.3 is 4.98 Å². The number of allylic oxidation sites excluding steroid dienone is 2. The predicted molar refractivity (Wildman–Crippen MR) is 94.2 cm³/mol. The first-order chi connectivity index (χ1) is 10.7. The lowest BCUT2D eigenvalue weighted by molar-refractivity contribution is 0.429. The number of benzene rings is 1. The smallest absolute Gasteiger partial charge is 0.251 e. The van der Waals surface area contributed by atoms with Crippen molar-refractivity contribution in [3.8, 4) is 0 Å². The lowest BCUT2D eigenvalue weighted by Crippen LogP contribution is -2.11. The van der Waals surface area contributed by atoms with Gasteiger partial charge in [0.15, 0.2) is 0 Å². The monoisotopic (exact) mass is 295 g/mol. The Morgan fingerprint density at radius 1 is 1.23 bits per heavy atom. The SMILES string of the molecule is C/C=C(\c1ccc2[nH]c(=O)c(CC)cc2c1)C1CCCCC1. The van der Waals surface area contributed by atoms with Gasteiger partial charge in [0.05, 0.1) is 0 Å². The maximum Gasteiger partial charge on any atom is 0.251 e. The van der Waals surface area contributed by atoms with Crippen LogP contribution in [0.3, 0.4) is 0 Å². The van der Waals surface area contributed by atoms with Gasteiger partial charge in [0.25, 0.3) is 5.56 Å². The highest BCUT2D eigenvalue weighted by molar-refractivity contribution is 5.84. The van der Waals surface area contributed by atoms with E-state index in [0.717, 1.165) is 22.9 Å². The van der Waals surface area contributed by atoms with E-state index in [4.69, 9.17) is 0 Å².